The Bertz CT molecular complexity index is 381. The first-order valence-corrected chi connectivity index (χ1v) is 6.52. The summed E-state index contributed by atoms with van der Waals surface area (Å²) in [5.41, 5.74) is 1.18. The van der Waals surface area contributed by atoms with Crippen molar-refractivity contribution >= 4 is 18.4 Å². The van der Waals surface area contributed by atoms with Crippen molar-refractivity contribution < 1.29 is 0 Å². The van der Waals surface area contributed by atoms with E-state index in [9.17, 15) is 0 Å². The third-order valence-electron chi connectivity index (χ3n) is 3.37. The standard InChI is InChI=1S/C13H23N5.ClH/c1-10-8-18(11(2)5-14-10)9-12-6-15-13(16-7-12)17(3)4;/h6-7,10-11,14H,5,8-9H2,1-4H3;1H. The maximum absolute atomic E-state index is 4.36. The first kappa shape index (κ1) is 16.1. The first-order valence-electron chi connectivity index (χ1n) is 6.52. The summed E-state index contributed by atoms with van der Waals surface area (Å²) in [6.07, 6.45) is 3.86. The average molecular weight is 286 g/mol. The van der Waals surface area contributed by atoms with Gasteiger partial charge in [-0.1, -0.05) is 0 Å². The highest BCUT2D eigenvalue weighted by molar-refractivity contribution is 5.85. The second kappa shape index (κ2) is 7.03. The van der Waals surface area contributed by atoms with Crippen molar-refractivity contribution in [1.29, 1.82) is 0 Å². The van der Waals surface area contributed by atoms with Crippen LogP contribution in [0.1, 0.15) is 19.4 Å². The van der Waals surface area contributed by atoms with Gasteiger partial charge in [0.25, 0.3) is 0 Å². The highest BCUT2D eigenvalue weighted by Crippen LogP contribution is 2.12. The fourth-order valence-electron chi connectivity index (χ4n) is 2.21. The van der Waals surface area contributed by atoms with Gasteiger partial charge < -0.3 is 10.2 Å². The van der Waals surface area contributed by atoms with Crippen molar-refractivity contribution in [3.05, 3.63) is 18.0 Å². The van der Waals surface area contributed by atoms with Crippen molar-refractivity contribution in [2.75, 3.05) is 32.1 Å². The Labute approximate surface area is 121 Å². The topological polar surface area (TPSA) is 44.3 Å². The molecule has 2 rings (SSSR count). The molecule has 0 aliphatic carbocycles. The van der Waals surface area contributed by atoms with Gasteiger partial charge >= 0.3 is 0 Å². The van der Waals surface area contributed by atoms with Crippen molar-refractivity contribution in [2.24, 2.45) is 0 Å². The molecule has 0 saturated carbocycles. The molecule has 19 heavy (non-hydrogen) atoms. The molecule has 2 atom stereocenters. The molecule has 1 aromatic heterocycles. The number of halogens is 1. The van der Waals surface area contributed by atoms with Crippen LogP contribution in [-0.2, 0) is 6.54 Å². The Balaban J connectivity index is 0.00000180. The van der Waals surface area contributed by atoms with E-state index >= 15 is 0 Å². The Morgan fingerprint density at radius 3 is 2.53 bits per heavy atom. The van der Waals surface area contributed by atoms with E-state index in [1.165, 1.54) is 5.56 Å². The fourth-order valence-corrected chi connectivity index (χ4v) is 2.21. The Kier molecular flexibility index (Phi) is 5.97. The van der Waals surface area contributed by atoms with E-state index in [1.807, 2.05) is 31.4 Å². The van der Waals surface area contributed by atoms with Gasteiger partial charge in [-0.2, -0.15) is 0 Å². The molecular weight excluding hydrogens is 262 g/mol. The second-order valence-electron chi connectivity index (χ2n) is 5.37. The smallest absolute Gasteiger partial charge is 0.224 e. The number of anilines is 1. The van der Waals surface area contributed by atoms with Gasteiger partial charge in [0, 0.05) is 63.8 Å². The fraction of sp³-hybridized carbons (Fsp3) is 0.692. The SMILES string of the molecule is CC1CN(Cc2cnc(N(C)C)nc2)C(C)CN1.Cl. The molecule has 0 amide bonds. The molecule has 0 spiro atoms. The zero-order valence-electron chi connectivity index (χ0n) is 12.1. The predicted octanol–water partition coefficient (Wildman–Crippen LogP) is 1.15. The molecule has 6 heteroatoms. The highest BCUT2D eigenvalue weighted by Gasteiger charge is 2.22. The van der Waals surface area contributed by atoms with Crippen LogP contribution in [0.5, 0.6) is 0 Å². The highest BCUT2D eigenvalue weighted by atomic mass is 35.5. The predicted molar refractivity (Wildman–Crippen MR) is 80.9 cm³/mol. The summed E-state index contributed by atoms with van der Waals surface area (Å²) in [5, 5.41) is 3.49. The maximum atomic E-state index is 4.36. The minimum absolute atomic E-state index is 0. The molecule has 2 heterocycles. The third kappa shape index (κ3) is 4.30. The lowest BCUT2D eigenvalue weighted by Crippen LogP contribution is -2.53. The van der Waals surface area contributed by atoms with Crippen LogP contribution in [0.15, 0.2) is 12.4 Å². The number of hydrogen-bond acceptors (Lipinski definition) is 5. The quantitative estimate of drug-likeness (QED) is 0.902. The molecule has 1 aliphatic rings. The number of nitrogens with one attached hydrogen (secondary N) is 1. The molecule has 0 radical (unpaired) electrons. The van der Waals surface area contributed by atoms with E-state index in [4.69, 9.17) is 0 Å². The zero-order chi connectivity index (χ0) is 13.1. The number of aromatic nitrogens is 2. The molecule has 1 fully saturated rings. The van der Waals surface area contributed by atoms with Crippen LogP contribution in [0.2, 0.25) is 0 Å². The minimum Gasteiger partial charge on any atom is -0.347 e. The normalized spacial score (nSPS) is 23.8. The summed E-state index contributed by atoms with van der Waals surface area (Å²) >= 11 is 0. The van der Waals surface area contributed by atoms with Crippen LogP contribution >= 0.6 is 12.4 Å². The van der Waals surface area contributed by atoms with Gasteiger partial charge in [0.15, 0.2) is 0 Å². The van der Waals surface area contributed by atoms with Gasteiger partial charge in [0.1, 0.15) is 0 Å². The average Bonchev–Trinajstić information content (AvgIpc) is 2.34. The number of piperazine rings is 1. The first-order chi connectivity index (χ1) is 8.56. The number of rotatable bonds is 3. The molecule has 0 bridgehead atoms. The Morgan fingerprint density at radius 1 is 1.32 bits per heavy atom. The third-order valence-corrected chi connectivity index (χ3v) is 3.37. The van der Waals surface area contributed by atoms with Gasteiger partial charge in [-0.05, 0) is 13.8 Å². The van der Waals surface area contributed by atoms with Crippen molar-refractivity contribution in [1.82, 2.24) is 20.2 Å². The Morgan fingerprint density at radius 2 is 1.95 bits per heavy atom. The molecule has 1 aromatic rings. The molecular formula is C13H24ClN5. The molecule has 1 saturated heterocycles. The lowest BCUT2D eigenvalue weighted by molar-refractivity contribution is 0.138. The van der Waals surface area contributed by atoms with Crippen molar-refractivity contribution in [3.8, 4) is 0 Å². The summed E-state index contributed by atoms with van der Waals surface area (Å²) in [6, 6.07) is 1.12. The largest absolute Gasteiger partial charge is 0.347 e. The minimum atomic E-state index is 0. The van der Waals surface area contributed by atoms with Gasteiger partial charge in [-0.25, -0.2) is 9.97 Å². The summed E-state index contributed by atoms with van der Waals surface area (Å²) in [5.74, 6) is 0.764. The molecule has 2 unspecified atom stereocenters. The summed E-state index contributed by atoms with van der Waals surface area (Å²) < 4.78 is 0. The van der Waals surface area contributed by atoms with Crippen molar-refractivity contribution in [3.63, 3.8) is 0 Å². The molecule has 108 valence electrons. The summed E-state index contributed by atoms with van der Waals surface area (Å²) in [7, 11) is 3.91. The van der Waals surface area contributed by atoms with Gasteiger partial charge in [0.05, 0.1) is 0 Å². The van der Waals surface area contributed by atoms with E-state index in [0.717, 1.165) is 25.6 Å². The lowest BCUT2D eigenvalue weighted by atomic mass is 10.1. The van der Waals surface area contributed by atoms with Gasteiger partial charge in [-0.3, -0.25) is 4.90 Å². The molecule has 1 aliphatic heterocycles. The van der Waals surface area contributed by atoms with Gasteiger partial charge in [-0.15, -0.1) is 12.4 Å². The molecule has 5 nitrogen and oxygen atoms in total. The molecule has 1 N–H and O–H groups in total. The van der Waals surface area contributed by atoms with Crippen LogP contribution < -0.4 is 10.2 Å². The van der Waals surface area contributed by atoms with E-state index < -0.39 is 0 Å². The second-order valence-corrected chi connectivity index (χ2v) is 5.37. The van der Waals surface area contributed by atoms with Crippen LogP contribution in [0.4, 0.5) is 5.95 Å². The van der Waals surface area contributed by atoms with E-state index in [-0.39, 0.29) is 12.4 Å². The molecule has 0 aromatic carbocycles. The van der Waals surface area contributed by atoms with Gasteiger partial charge in [0.2, 0.25) is 5.95 Å². The van der Waals surface area contributed by atoms with E-state index in [1.54, 1.807) is 0 Å². The van der Waals surface area contributed by atoms with Crippen LogP contribution in [0.25, 0.3) is 0 Å². The number of nitrogens with zero attached hydrogens (tertiary/aromatic N) is 4. The summed E-state index contributed by atoms with van der Waals surface area (Å²) in [4.78, 5) is 13.1. The number of hydrogen-bond donors (Lipinski definition) is 1. The van der Waals surface area contributed by atoms with Crippen molar-refractivity contribution in [2.45, 2.75) is 32.5 Å². The zero-order valence-corrected chi connectivity index (χ0v) is 12.9. The van der Waals surface area contributed by atoms with E-state index in [2.05, 4.69) is 34.0 Å². The van der Waals surface area contributed by atoms with Crippen LogP contribution in [-0.4, -0.2) is 54.1 Å². The monoisotopic (exact) mass is 285 g/mol. The Hall–Kier alpha value is -0.910. The summed E-state index contributed by atoms with van der Waals surface area (Å²) in [6.45, 7) is 7.55. The maximum Gasteiger partial charge on any atom is 0.224 e. The lowest BCUT2D eigenvalue weighted by Gasteiger charge is -2.37. The van der Waals surface area contributed by atoms with Crippen LogP contribution in [0.3, 0.4) is 0 Å². The van der Waals surface area contributed by atoms with Crippen LogP contribution in [0, 0.1) is 0 Å². The van der Waals surface area contributed by atoms with E-state index in [0.29, 0.717) is 12.1 Å².